The molecular weight excluding hydrogens is 308 g/mol. The average Bonchev–Trinajstić information content (AvgIpc) is 3.12. The lowest BCUT2D eigenvalue weighted by molar-refractivity contribution is -0.133. The predicted octanol–water partition coefficient (Wildman–Crippen LogP) is 4.68. The lowest BCUT2D eigenvalue weighted by atomic mass is 9.88. The molecule has 25 heavy (non-hydrogen) atoms. The second-order valence-electron chi connectivity index (χ2n) is 7.02. The third-order valence-corrected chi connectivity index (χ3v) is 5.54. The van der Waals surface area contributed by atoms with Crippen LogP contribution >= 0.6 is 0 Å². The molecule has 1 saturated heterocycles. The summed E-state index contributed by atoms with van der Waals surface area (Å²) in [7, 11) is 0. The number of hydrogen-bond acceptors (Lipinski definition) is 1. The van der Waals surface area contributed by atoms with Crippen molar-refractivity contribution in [3.8, 4) is 0 Å². The highest BCUT2D eigenvalue weighted by atomic mass is 16.2. The normalized spacial score (nSPS) is 16.9. The molecule has 1 aromatic heterocycles. The minimum absolute atomic E-state index is 0.107. The van der Waals surface area contributed by atoms with Gasteiger partial charge in [0.25, 0.3) is 0 Å². The summed E-state index contributed by atoms with van der Waals surface area (Å²) in [5, 5.41) is 1.16. The molecule has 0 bridgehead atoms. The van der Waals surface area contributed by atoms with Gasteiger partial charge in [-0.3, -0.25) is 4.79 Å². The first-order valence-electron chi connectivity index (χ1n) is 9.14. The quantitative estimate of drug-likeness (QED) is 0.743. The summed E-state index contributed by atoms with van der Waals surface area (Å²) >= 11 is 0. The van der Waals surface area contributed by atoms with Gasteiger partial charge in [-0.05, 0) is 42.9 Å². The Labute approximate surface area is 148 Å². The Hall–Kier alpha value is -2.55. The van der Waals surface area contributed by atoms with Gasteiger partial charge in [-0.15, -0.1) is 0 Å². The van der Waals surface area contributed by atoms with Crippen molar-refractivity contribution >= 4 is 16.8 Å². The van der Waals surface area contributed by atoms with E-state index in [4.69, 9.17) is 0 Å². The van der Waals surface area contributed by atoms with Crippen molar-refractivity contribution in [2.24, 2.45) is 0 Å². The number of carbonyl (C=O) groups excluding carboxylic acids is 1. The first kappa shape index (κ1) is 15.9. The van der Waals surface area contributed by atoms with E-state index in [1.165, 1.54) is 5.56 Å². The van der Waals surface area contributed by atoms with E-state index in [9.17, 15) is 4.79 Å². The summed E-state index contributed by atoms with van der Waals surface area (Å²) in [5.41, 5.74) is 3.60. The van der Waals surface area contributed by atoms with Gasteiger partial charge < -0.3 is 9.88 Å². The SMILES string of the molecule is CC(C(=O)N1CCC(c2ccccc2)CC1)c1c[nH]c2ccccc12. The summed E-state index contributed by atoms with van der Waals surface area (Å²) in [4.78, 5) is 18.3. The Morgan fingerprint density at radius 2 is 1.72 bits per heavy atom. The topological polar surface area (TPSA) is 36.1 Å². The van der Waals surface area contributed by atoms with Crippen LogP contribution < -0.4 is 0 Å². The fourth-order valence-electron chi connectivity index (χ4n) is 4.02. The van der Waals surface area contributed by atoms with E-state index >= 15 is 0 Å². The highest BCUT2D eigenvalue weighted by molar-refractivity contribution is 5.91. The molecule has 1 fully saturated rings. The van der Waals surface area contributed by atoms with Crippen LogP contribution in [0.25, 0.3) is 10.9 Å². The third kappa shape index (κ3) is 3.07. The molecule has 1 aliphatic heterocycles. The van der Waals surface area contributed by atoms with Gasteiger partial charge >= 0.3 is 0 Å². The number of nitrogens with zero attached hydrogens (tertiary/aromatic N) is 1. The van der Waals surface area contributed by atoms with Gasteiger partial charge in [-0.2, -0.15) is 0 Å². The van der Waals surface area contributed by atoms with Gasteiger partial charge in [0, 0.05) is 30.2 Å². The number of carbonyl (C=O) groups is 1. The van der Waals surface area contributed by atoms with Gasteiger partial charge in [-0.1, -0.05) is 48.5 Å². The Kier molecular flexibility index (Phi) is 4.31. The van der Waals surface area contributed by atoms with Crippen LogP contribution in [0.15, 0.2) is 60.8 Å². The maximum atomic E-state index is 13.0. The molecular formula is C22H24N2O. The van der Waals surface area contributed by atoms with Gasteiger partial charge in [0.15, 0.2) is 0 Å². The van der Waals surface area contributed by atoms with Crippen molar-refractivity contribution in [3.63, 3.8) is 0 Å². The lowest BCUT2D eigenvalue weighted by Gasteiger charge is -2.33. The fraction of sp³-hybridized carbons (Fsp3) is 0.318. The van der Waals surface area contributed by atoms with Crippen LogP contribution in [0.1, 0.15) is 42.7 Å². The van der Waals surface area contributed by atoms with E-state index in [0.29, 0.717) is 5.92 Å². The van der Waals surface area contributed by atoms with Crippen LogP contribution in [0.2, 0.25) is 0 Å². The first-order chi connectivity index (χ1) is 12.2. The molecule has 3 nitrogen and oxygen atoms in total. The number of rotatable bonds is 3. The number of piperidine rings is 1. The zero-order chi connectivity index (χ0) is 17.2. The van der Waals surface area contributed by atoms with Gasteiger partial charge in [0.1, 0.15) is 0 Å². The predicted molar refractivity (Wildman–Crippen MR) is 102 cm³/mol. The largest absolute Gasteiger partial charge is 0.361 e. The Morgan fingerprint density at radius 3 is 2.48 bits per heavy atom. The molecule has 128 valence electrons. The van der Waals surface area contributed by atoms with E-state index in [-0.39, 0.29) is 11.8 Å². The van der Waals surface area contributed by atoms with Gasteiger partial charge in [-0.25, -0.2) is 0 Å². The number of amides is 1. The van der Waals surface area contributed by atoms with E-state index < -0.39 is 0 Å². The van der Waals surface area contributed by atoms with Crippen LogP contribution in [0.4, 0.5) is 0 Å². The lowest BCUT2D eigenvalue weighted by Crippen LogP contribution is -2.40. The number of hydrogen-bond donors (Lipinski definition) is 1. The molecule has 1 unspecified atom stereocenters. The molecule has 1 amide bonds. The second kappa shape index (κ2) is 6.75. The minimum Gasteiger partial charge on any atom is -0.361 e. The maximum absolute atomic E-state index is 13.0. The standard InChI is InChI=1S/C22H24N2O/c1-16(20-15-23-21-10-6-5-9-19(20)21)22(25)24-13-11-18(12-14-24)17-7-3-2-4-8-17/h2-10,15-16,18,23H,11-14H2,1H3. The summed E-state index contributed by atoms with van der Waals surface area (Å²) in [6.07, 6.45) is 4.09. The van der Waals surface area contributed by atoms with Crippen LogP contribution in [0.5, 0.6) is 0 Å². The molecule has 1 atom stereocenters. The van der Waals surface area contributed by atoms with Crippen LogP contribution in [-0.4, -0.2) is 28.9 Å². The maximum Gasteiger partial charge on any atom is 0.229 e. The molecule has 0 radical (unpaired) electrons. The van der Waals surface area contributed by atoms with E-state index in [1.807, 2.05) is 30.2 Å². The monoisotopic (exact) mass is 332 g/mol. The van der Waals surface area contributed by atoms with Gasteiger partial charge in [0.2, 0.25) is 5.91 Å². The first-order valence-corrected chi connectivity index (χ1v) is 9.14. The highest BCUT2D eigenvalue weighted by Crippen LogP contribution is 2.31. The Morgan fingerprint density at radius 1 is 1.04 bits per heavy atom. The zero-order valence-electron chi connectivity index (χ0n) is 14.6. The zero-order valence-corrected chi connectivity index (χ0v) is 14.6. The molecule has 4 rings (SSSR count). The molecule has 2 heterocycles. The van der Waals surface area contributed by atoms with Gasteiger partial charge in [0.05, 0.1) is 5.92 Å². The molecule has 0 saturated carbocycles. The summed E-state index contributed by atoms with van der Waals surface area (Å²) < 4.78 is 0. The van der Waals surface area contributed by atoms with Crippen molar-refractivity contribution in [2.45, 2.75) is 31.6 Å². The molecule has 2 aromatic carbocycles. The second-order valence-corrected chi connectivity index (χ2v) is 7.02. The van der Waals surface area contributed by atoms with Crippen LogP contribution in [0.3, 0.4) is 0 Å². The average molecular weight is 332 g/mol. The number of nitrogens with one attached hydrogen (secondary N) is 1. The molecule has 1 N–H and O–H groups in total. The molecule has 1 aliphatic rings. The van der Waals surface area contributed by atoms with Crippen molar-refractivity contribution < 1.29 is 4.79 Å². The third-order valence-electron chi connectivity index (χ3n) is 5.54. The number of H-pyrrole nitrogens is 1. The summed E-state index contributed by atoms with van der Waals surface area (Å²) in [5.74, 6) is 0.717. The Balaban J connectivity index is 1.45. The Bertz CT molecular complexity index is 860. The smallest absolute Gasteiger partial charge is 0.229 e. The molecule has 3 heteroatoms. The van der Waals surface area contributed by atoms with E-state index in [2.05, 4.69) is 47.4 Å². The van der Waals surface area contributed by atoms with Crippen molar-refractivity contribution in [2.75, 3.05) is 13.1 Å². The number of benzene rings is 2. The van der Waals surface area contributed by atoms with E-state index in [0.717, 1.165) is 42.4 Å². The number of aromatic amines is 1. The van der Waals surface area contributed by atoms with Crippen molar-refractivity contribution in [1.82, 2.24) is 9.88 Å². The van der Waals surface area contributed by atoms with Crippen LogP contribution in [0, 0.1) is 0 Å². The fourth-order valence-corrected chi connectivity index (χ4v) is 4.02. The number of fused-ring (bicyclic) bond motifs is 1. The van der Waals surface area contributed by atoms with E-state index in [1.54, 1.807) is 0 Å². The number of aromatic nitrogens is 1. The summed E-state index contributed by atoms with van der Waals surface area (Å²) in [6.45, 7) is 3.73. The molecule has 0 aliphatic carbocycles. The molecule has 3 aromatic rings. The molecule has 0 spiro atoms. The van der Waals surface area contributed by atoms with Crippen LogP contribution in [-0.2, 0) is 4.79 Å². The highest BCUT2D eigenvalue weighted by Gasteiger charge is 2.28. The number of likely N-dealkylation sites (tertiary alicyclic amines) is 1. The number of para-hydroxylation sites is 1. The summed E-state index contributed by atoms with van der Waals surface area (Å²) in [6, 6.07) is 18.9. The van der Waals surface area contributed by atoms with Crippen molar-refractivity contribution in [3.05, 3.63) is 71.9 Å². The van der Waals surface area contributed by atoms with Crippen molar-refractivity contribution in [1.29, 1.82) is 0 Å². The minimum atomic E-state index is -0.107.